The van der Waals surface area contributed by atoms with Crippen LogP contribution in [0.1, 0.15) is 51.0 Å². The Hall–Kier alpha value is -1.98. The number of rotatable bonds is 7. The van der Waals surface area contributed by atoms with Crippen LogP contribution >= 0.6 is 0 Å². The summed E-state index contributed by atoms with van der Waals surface area (Å²) in [6.45, 7) is 8.20. The molecule has 0 aliphatic rings. The van der Waals surface area contributed by atoms with Crippen molar-refractivity contribution < 1.29 is 14.3 Å². The first-order valence-corrected chi connectivity index (χ1v) is 7.23. The third-order valence-corrected chi connectivity index (χ3v) is 3.29. The van der Waals surface area contributed by atoms with Gasteiger partial charge in [0, 0.05) is 18.3 Å². The van der Waals surface area contributed by atoms with Crippen molar-refractivity contribution in [3.63, 3.8) is 0 Å². The average molecular weight is 295 g/mol. The molecule has 0 aliphatic carbocycles. The number of hydrogen-bond donors (Lipinski definition) is 2. The Bertz CT molecular complexity index is 506. The maximum Gasteiger partial charge on any atom is 0.355 e. The second-order valence-corrected chi connectivity index (χ2v) is 5.71. The van der Waals surface area contributed by atoms with Crippen molar-refractivity contribution in [3.8, 4) is 0 Å². The zero-order valence-electron chi connectivity index (χ0n) is 13.2. The van der Waals surface area contributed by atoms with Gasteiger partial charge < -0.3 is 20.4 Å². The van der Waals surface area contributed by atoms with Crippen LogP contribution in [-0.4, -0.2) is 28.6 Å². The van der Waals surface area contributed by atoms with Crippen LogP contribution in [0.2, 0.25) is 0 Å². The lowest BCUT2D eigenvalue weighted by Crippen LogP contribution is -2.44. The largest absolute Gasteiger partial charge is 0.451 e. The summed E-state index contributed by atoms with van der Waals surface area (Å²) in [6, 6.07) is 1.56. The Kier molecular flexibility index (Phi) is 5.81. The third-order valence-electron chi connectivity index (χ3n) is 3.29. The fourth-order valence-corrected chi connectivity index (χ4v) is 1.84. The average Bonchev–Trinajstić information content (AvgIpc) is 2.77. The molecular formula is C15H25N3O3. The quantitative estimate of drug-likeness (QED) is 0.753. The Balaban J connectivity index is 2.60. The van der Waals surface area contributed by atoms with Gasteiger partial charge in [-0.1, -0.05) is 13.8 Å². The second-order valence-electron chi connectivity index (χ2n) is 5.71. The molecule has 0 unspecified atom stereocenters. The minimum Gasteiger partial charge on any atom is -0.451 e. The number of carbonyl (C=O) groups excluding carboxylic acids is 2. The van der Waals surface area contributed by atoms with Crippen LogP contribution in [0, 0.1) is 0 Å². The van der Waals surface area contributed by atoms with E-state index in [9.17, 15) is 9.59 Å². The monoisotopic (exact) mass is 295 g/mol. The maximum atomic E-state index is 12.0. The van der Waals surface area contributed by atoms with E-state index in [1.807, 2.05) is 27.7 Å². The highest BCUT2D eigenvalue weighted by atomic mass is 16.5. The molecule has 1 aromatic heterocycles. The summed E-state index contributed by atoms with van der Waals surface area (Å²) < 4.78 is 6.79. The summed E-state index contributed by atoms with van der Waals surface area (Å²) in [5.41, 5.74) is 6.27. The van der Waals surface area contributed by atoms with E-state index in [1.165, 1.54) is 0 Å². The number of amides is 1. The van der Waals surface area contributed by atoms with Crippen molar-refractivity contribution in [1.82, 2.24) is 9.88 Å². The minimum absolute atomic E-state index is 0.292. The Labute approximate surface area is 125 Å². The number of esters is 1. The van der Waals surface area contributed by atoms with Crippen molar-refractivity contribution in [2.45, 2.75) is 52.6 Å². The molecule has 0 saturated carbocycles. The molecule has 1 amide bonds. The van der Waals surface area contributed by atoms with Crippen LogP contribution in [-0.2, 0) is 16.1 Å². The van der Waals surface area contributed by atoms with E-state index >= 15 is 0 Å². The predicted octanol–water partition coefficient (Wildman–Crippen LogP) is 1.94. The molecule has 0 aliphatic heterocycles. The van der Waals surface area contributed by atoms with Crippen LogP contribution in [0.4, 0.5) is 5.69 Å². The summed E-state index contributed by atoms with van der Waals surface area (Å²) in [7, 11) is 0. The number of ether oxygens (including phenoxy) is 1. The lowest BCUT2D eigenvalue weighted by Gasteiger charge is -2.24. The van der Waals surface area contributed by atoms with Crippen molar-refractivity contribution in [2.75, 3.05) is 12.3 Å². The highest BCUT2D eigenvalue weighted by molar-refractivity contribution is 5.91. The molecule has 118 valence electrons. The molecule has 0 radical (unpaired) electrons. The van der Waals surface area contributed by atoms with Gasteiger partial charge in [-0.3, -0.25) is 4.79 Å². The zero-order chi connectivity index (χ0) is 16.0. The van der Waals surface area contributed by atoms with Crippen LogP contribution in [0.15, 0.2) is 12.3 Å². The molecule has 0 saturated heterocycles. The van der Waals surface area contributed by atoms with E-state index in [0.717, 1.165) is 12.8 Å². The maximum absolute atomic E-state index is 12.0. The summed E-state index contributed by atoms with van der Waals surface area (Å²) in [6.07, 6.45) is 3.36. The van der Waals surface area contributed by atoms with Gasteiger partial charge in [0.05, 0.1) is 5.69 Å². The van der Waals surface area contributed by atoms with Gasteiger partial charge in [0.1, 0.15) is 5.69 Å². The van der Waals surface area contributed by atoms with Crippen LogP contribution in [0.3, 0.4) is 0 Å². The topological polar surface area (TPSA) is 86.3 Å². The number of nitrogens with zero attached hydrogens (tertiary/aromatic N) is 1. The molecule has 3 N–H and O–H groups in total. The first-order chi connectivity index (χ1) is 9.79. The molecule has 6 heteroatoms. The summed E-state index contributed by atoms with van der Waals surface area (Å²) >= 11 is 0. The molecule has 0 fully saturated rings. The number of anilines is 1. The van der Waals surface area contributed by atoms with Crippen molar-refractivity contribution in [1.29, 1.82) is 0 Å². The van der Waals surface area contributed by atoms with Gasteiger partial charge in [-0.05, 0) is 32.8 Å². The van der Waals surface area contributed by atoms with Crippen LogP contribution < -0.4 is 11.1 Å². The van der Waals surface area contributed by atoms with Gasteiger partial charge in [-0.15, -0.1) is 0 Å². The van der Waals surface area contributed by atoms with E-state index in [1.54, 1.807) is 16.8 Å². The van der Waals surface area contributed by atoms with Crippen LogP contribution in [0.5, 0.6) is 0 Å². The van der Waals surface area contributed by atoms with E-state index in [-0.39, 0.29) is 18.1 Å². The molecule has 1 aromatic rings. The van der Waals surface area contributed by atoms with Gasteiger partial charge >= 0.3 is 5.97 Å². The van der Waals surface area contributed by atoms with E-state index < -0.39 is 5.97 Å². The Morgan fingerprint density at radius 1 is 1.38 bits per heavy atom. The van der Waals surface area contributed by atoms with Gasteiger partial charge in [0.15, 0.2) is 6.61 Å². The fourth-order valence-electron chi connectivity index (χ4n) is 1.84. The molecule has 0 bridgehead atoms. The molecule has 1 rings (SSSR count). The summed E-state index contributed by atoms with van der Waals surface area (Å²) in [4.78, 5) is 23.8. The first-order valence-electron chi connectivity index (χ1n) is 7.23. The Morgan fingerprint density at radius 3 is 2.62 bits per heavy atom. The highest BCUT2D eigenvalue weighted by Crippen LogP contribution is 2.13. The standard InChI is InChI=1S/C15H25N3O3/c1-5-7-18-9-11(16)8-12(18)14(20)21-10-13(19)17-15(3,4)6-2/h8-9H,5-7,10,16H2,1-4H3,(H,17,19). The van der Waals surface area contributed by atoms with E-state index in [2.05, 4.69) is 5.32 Å². The van der Waals surface area contributed by atoms with Crippen molar-refractivity contribution >= 4 is 17.6 Å². The van der Waals surface area contributed by atoms with Gasteiger partial charge in [0.2, 0.25) is 0 Å². The number of nitrogens with two attached hydrogens (primary N) is 1. The first kappa shape index (κ1) is 17.1. The Morgan fingerprint density at radius 2 is 2.05 bits per heavy atom. The fraction of sp³-hybridized carbons (Fsp3) is 0.600. The van der Waals surface area contributed by atoms with Gasteiger partial charge in [-0.25, -0.2) is 4.79 Å². The second kappa shape index (κ2) is 7.15. The molecular weight excluding hydrogens is 270 g/mol. The van der Waals surface area contributed by atoms with E-state index in [4.69, 9.17) is 10.5 Å². The van der Waals surface area contributed by atoms with E-state index in [0.29, 0.717) is 17.9 Å². The molecule has 0 spiro atoms. The predicted molar refractivity (Wildman–Crippen MR) is 81.9 cm³/mol. The number of nitrogens with one attached hydrogen (secondary N) is 1. The zero-order valence-corrected chi connectivity index (χ0v) is 13.2. The molecule has 0 atom stereocenters. The number of nitrogen functional groups attached to an aromatic ring is 1. The number of aryl methyl sites for hydroxylation is 1. The highest BCUT2D eigenvalue weighted by Gasteiger charge is 2.20. The smallest absolute Gasteiger partial charge is 0.355 e. The SMILES string of the molecule is CCCn1cc(N)cc1C(=O)OCC(=O)NC(C)(C)CC. The number of carbonyl (C=O) groups is 2. The molecule has 6 nitrogen and oxygen atoms in total. The molecule has 0 aromatic carbocycles. The summed E-state index contributed by atoms with van der Waals surface area (Å²) in [5.74, 6) is -0.846. The van der Waals surface area contributed by atoms with Gasteiger partial charge in [0.25, 0.3) is 5.91 Å². The third kappa shape index (κ3) is 5.13. The van der Waals surface area contributed by atoms with Crippen molar-refractivity contribution in [2.24, 2.45) is 0 Å². The number of hydrogen-bond acceptors (Lipinski definition) is 4. The lowest BCUT2D eigenvalue weighted by molar-refractivity contribution is -0.125. The number of aromatic nitrogens is 1. The normalized spacial score (nSPS) is 11.2. The molecule has 21 heavy (non-hydrogen) atoms. The summed E-state index contributed by atoms with van der Waals surface area (Å²) in [5, 5.41) is 2.81. The lowest BCUT2D eigenvalue weighted by atomic mass is 10.0. The van der Waals surface area contributed by atoms with Gasteiger partial charge in [-0.2, -0.15) is 0 Å². The molecule has 1 heterocycles. The van der Waals surface area contributed by atoms with Crippen LogP contribution in [0.25, 0.3) is 0 Å². The minimum atomic E-state index is -0.537. The van der Waals surface area contributed by atoms with Crippen molar-refractivity contribution in [3.05, 3.63) is 18.0 Å².